The molecule has 2 N–H and O–H groups in total. The van der Waals surface area contributed by atoms with Gasteiger partial charge in [0.2, 0.25) is 5.91 Å². The predicted molar refractivity (Wildman–Crippen MR) is 85.3 cm³/mol. The van der Waals surface area contributed by atoms with E-state index in [1.807, 2.05) is 30.3 Å². The maximum absolute atomic E-state index is 11.6. The van der Waals surface area contributed by atoms with E-state index in [2.05, 4.69) is 5.32 Å². The Bertz CT molecular complexity index is 514. The van der Waals surface area contributed by atoms with Crippen LogP contribution in [0.4, 0.5) is 0 Å². The van der Waals surface area contributed by atoms with Gasteiger partial charge in [-0.2, -0.15) is 13.5 Å². The van der Waals surface area contributed by atoms with Crippen LogP contribution in [0.5, 0.6) is 0 Å². The van der Waals surface area contributed by atoms with Gasteiger partial charge in [-0.3, -0.25) is 4.79 Å². The molecule has 0 saturated heterocycles. The average Bonchev–Trinajstić information content (AvgIpc) is 2.41. The Labute approximate surface area is 130 Å². The highest BCUT2D eigenvalue weighted by Crippen LogP contribution is 2.02. The number of amides is 1. The first-order valence-corrected chi connectivity index (χ1v) is 6.25. The summed E-state index contributed by atoms with van der Waals surface area (Å²) in [6.07, 6.45) is 3.09. The third-order valence-electron chi connectivity index (χ3n) is 2.63. The van der Waals surface area contributed by atoms with Gasteiger partial charge in [-0.1, -0.05) is 30.3 Å². The van der Waals surface area contributed by atoms with Crippen LogP contribution in [0, 0.1) is 0 Å². The van der Waals surface area contributed by atoms with E-state index in [1.165, 1.54) is 13.0 Å². The van der Waals surface area contributed by atoms with Gasteiger partial charge in [0, 0.05) is 12.5 Å². The lowest BCUT2D eigenvalue weighted by molar-refractivity contribution is -0.141. The minimum atomic E-state index is -1.15. The lowest BCUT2D eigenvalue weighted by Crippen LogP contribution is -2.40. The Morgan fingerprint density at radius 1 is 1.24 bits per heavy atom. The van der Waals surface area contributed by atoms with Crippen LogP contribution in [-0.4, -0.2) is 28.8 Å². The molecular formula is C15H19NO4S. The standard InChI is InChI=1S/C15H17NO4.H2S/c1-11(17)7-9-13(15(19)20)16-14(18)10-8-12-5-3-2-4-6-12;/h2-6,8,10,13H,7,9H2,1H3,(H,16,18)(H,19,20);1H2/b10-8+;. The minimum Gasteiger partial charge on any atom is -0.480 e. The molecule has 0 saturated carbocycles. The average molecular weight is 309 g/mol. The maximum atomic E-state index is 11.6. The number of carboxylic acids is 1. The summed E-state index contributed by atoms with van der Waals surface area (Å²) in [5.41, 5.74) is 0.846. The first-order chi connectivity index (χ1) is 9.49. The fraction of sp³-hybridized carbons (Fsp3) is 0.267. The lowest BCUT2D eigenvalue weighted by Gasteiger charge is -2.12. The maximum Gasteiger partial charge on any atom is 0.326 e. The van der Waals surface area contributed by atoms with E-state index >= 15 is 0 Å². The predicted octanol–water partition coefficient (Wildman–Crippen LogP) is 1.75. The Kier molecular flexibility index (Phi) is 8.80. The third-order valence-corrected chi connectivity index (χ3v) is 2.63. The van der Waals surface area contributed by atoms with Crippen LogP contribution >= 0.6 is 13.5 Å². The van der Waals surface area contributed by atoms with Crippen molar-refractivity contribution in [2.45, 2.75) is 25.8 Å². The zero-order valence-electron chi connectivity index (χ0n) is 11.7. The van der Waals surface area contributed by atoms with E-state index in [-0.39, 0.29) is 32.1 Å². The third kappa shape index (κ3) is 7.94. The molecule has 0 radical (unpaired) electrons. The van der Waals surface area contributed by atoms with E-state index in [9.17, 15) is 14.4 Å². The molecule has 1 unspecified atom stereocenters. The van der Waals surface area contributed by atoms with Crippen LogP contribution in [0.25, 0.3) is 6.08 Å². The van der Waals surface area contributed by atoms with Gasteiger partial charge in [0.05, 0.1) is 0 Å². The molecule has 0 aliphatic carbocycles. The van der Waals surface area contributed by atoms with Gasteiger partial charge in [0.1, 0.15) is 11.8 Å². The van der Waals surface area contributed by atoms with E-state index in [0.29, 0.717) is 0 Å². The van der Waals surface area contributed by atoms with Crippen molar-refractivity contribution < 1.29 is 19.5 Å². The number of rotatable bonds is 7. The molecule has 0 aliphatic heterocycles. The topological polar surface area (TPSA) is 83.5 Å². The van der Waals surface area contributed by atoms with Gasteiger partial charge in [-0.15, -0.1) is 0 Å². The van der Waals surface area contributed by atoms with Gasteiger partial charge in [-0.25, -0.2) is 4.79 Å². The molecule has 21 heavy (non-hydrogen) atoms. The first kappa shape index (κ1) is 18.9. The van der Waals surface area contributed by atoms with Crippen LogP contribution in [0.2, 0.25) is 0 Å². The monoisotopic (exact) mass is 309 g/mol. The molecule has 0 aliphatic rings. The van der Waals surface area contributed by atoms with Crippen LogP contribution < -0.4 is 5.32 Å². The van der Waals surface area contributed by atoms with Gasteiger partial charge in [0.25, 0.3) is 0 Å². The number of nitrogens with one attached hydrogen (secondary N) is 1. The number of hydrogen-bond acceptors (Lipinski definition) is 3. The number of carbonyl (C=O) groups is 3. The van der Waals surface area contributed by atoms with E-state index in [4.69, 9.17) is 5.11 Å². The van der Waals surface area contributed by atoms with Crippen molar-refractivity contribution in [2.24, 2.45) is 0 Å². The van der Waals surface area contributed by atoms with Crippen molar-refractivity contribution in [3.8, 4) is 0 Å². The van der Waals surface area contributed by atoms with Crippen molar-refractivity contribution in [1.29, 1.82) is 0 Å². The molecule has 1 amide bonds. The molecule has 6 heteroatoms. The minimum absolute atomic E-state index is 0. The van der Waals surface area contributed by atoms with Crippen molar-refractivity contribution in [2.75, 3.05) is 0 Å². The summed E-state index contributed by atoms with van der Waals surface area (Å²) < 4.78 is 0. The molecule has 0 spiro atoms. The summed E-state index contributed by atoms with van der Waals surface area (Å²) in [4.78, 5) is 33.4. The molecule has 114 valence electrons. The molecule has 1 atom stereocenters. The molecule has 5 nitrogen and oxygen atoms in total. The van der Waals surface area contributed by atoms with E-state index < -0.39 is 17.9 Å². The van der Waals surface area contributed by atoms with Crippen molar-refractivity contribution in [3.05, 3.63) is 42.0 Å². The van der Waals surface area contributed by atoms with Gasteiger partial charge in [-0.05, 0) is 25.0 Å². The second-order valence-corrected chi connectivity index (χ2v) is 4.38. The Balaban J connectivity index is 0.00000400. The molecular weight excluding hydrogens is 290 g/mol. The molecule has 1 aromatic carbocycles. The second-order valence-electron chi connectivity index (χ2n) is 4.38. The highest BCUT2D eigenvalue weighted by atomic mass is 32.1. The normalized spacial score (nSPS) is 11.5. The van der Waals surface area contributed by atoms with Gasteiger partial charge in [0.15, 0.2) is 0 Å². The smallest absolute Gasteiger partial charge is 0.326 e. The fourth-order valence-electron chi connectivity index (χ4n) is 1.56. The summed E-state index contributed by atoms with van der Waals surface area (Å²) >= 11 is 0. The van der Waals surface area contributed by atoms with Gasteiger partial charge < -0.3 is 15.2 Å². The highest BCUT2D eigenvalue weighted by Gasteiger charge is 2.18. The van der Waals surface area contributed by atoms with E-state index in [1.54, 1.807) is 6.08 Å². The quantitative estimate of drug-likeness (QED) is 0.752. The van der Waals surface area contributed by atoms with Crippen LogP contribution in [0.1, 0.15) is 25.3 Å². The molecule has 0 heterocycles. The SMILES string of the molecule is CC(=O)CCC(NC(=O)/C=C/c1ccccc1)C(=O)O.S. The summed E-state index contributed by atoms with van der Waals surface area (Å²) in [5, 5.41) is 11.3. The number of aliphatic carboxylic acids is 1. The number of ketones is 1. The molecule has 0 fully saturated rings. The number of Topliss-reactive ketones (excluding diaryl/α,β-unsaturated/α-hetero) is 1. The summed E-state index contributed by atoms with van der Waals surface area (Å²) in [5.74, 6) is -1.75. The summed E-state index contributed by atoms with van der Waals surface area (Å²) in [7, 11) is 0. The van der Waals surface area contributed by atoms with Crippen molar-refractivity contribution >= 4 is 37.2 Å². The number of benzene rings is 1. The zero-order chi connectivity index (χ0) is 15.0. The van der Waals surface area contributed by atoms with Crippen LogP contribution in [-0.2, 0) is 14.4 Å². The first-order valence-electron chi connectivity index (χ1n) is 6.25. The molecule has 0 bridgehead atoms. The summed E-state index contributed by atoms with van der Waals surface area (Å²) in [6.45, 7) is 1.38. The van der Waals surface area contributed by atoms with Crippen molar-refractivity contribution in [1.82, 2.24) is 5.32 Å². The lowest BCUT2D eigenvalue weighted by atomic mass is 10.1. The van der Waals surface area contributed by atoms with Crippen molar-refractivity contribution in [3.63, 3.8) is 0 Å². The number of hydrogen-bond donors (Lipinski definition) is 2. The zero-order valence-corrected chi connectivity index (χ0v) is 12.7. The van der Waals surface area contributed by atoms with Crippen LogP contribution in [0.15, 0.2) is 36.4 Å². The summed E-state index contributed by atoms with van der Waals surface area (Å²) in [6, 6.07) is 8.14. The fourth-order valence-corrected chi connectivity index (χ4v) is 1.56. The van der Waals surface area contributed by atoms with E-state index in [0.717, 1.165) is 5.56 Å². The number of carbonyl (C=O) groups excluding carboxylic acids is 2. The Hall–Kier alpha value is -2.08. The molecule has 0 aromatic heterocycles. The Morgan fingerprint density at radius 3 is 2.38 bits per heavy atom. The number of carboxylic acid groups (broad SMARTS) is 1. The Morgan fingerprint density at radius 2 is 1.86 bits per heavy atom. The second kappa shape index (κ2) is 9.77. The van der Waals surface area contributed by atoms with Gasteiger partial charge >= 0.3 is 5.97 Å². The molecule has 1 rings (SSSR count). The highest BCUT2D eigenvalue weighted by molar-refractivity contribution is 7.59. The molecule has 1 aromatic rings. The van der Waals surface area contributed by atoms with Crippen LogP contribution in [0.3, 0.4) is 0 Å². The largest absolute Gasteiger partial charge is 0.480 e.